The summed E-state index contributed by atoms with van der Waals surface area (Å²) in [7, 11) is 0. The van der Waals surface area contributed by atoms with Crippen molar-refractivity contribution >= 4 is 11.7 Å². The minimum Gasteiger partial charge on any atom is -0.488 e. The first kappa shape index (κ1) is 17.2. The maximum Gasteiger partial charge on any atom is 0.335 e. The number of nitrogens with zero attached hydrogens (tertiary/aromatic N) is 1. The van der Waals surface area contributed by atoms with Gasteiger partial charge < -0.3 is 9.84 Å². The minimum atomic E-state index is -1.22. The molecular weight excluding hydrogens is 334 g/mol. The van der Waals surface area contributed by atoms with Crippen LogP contribution in [-0.2, 0) is 6.61 Å². The van der Waals surface area contributed by atoms with Gasteiger partial charge in [-0.15, -0.1) is 0 Å². The highest BCUT2D eigenvalue weighted by molar-refractivity contribution is 5.91. The monoisotopic (exact) mass is 349 g/mol. The number of rotatable bonds is 6. The Morgan fingerprint density at radius 1 is 1.00 bits per heavy atom. The molecule has 0 saturated carbocycles. The van der Waals surface area contributed by atoms with E-state index in [0.717, 1.165) is 11.6 Å². The summed E-state index contributed by atoms with van der Waals surface area (Å²) in [5, 5.41) is 20.4. The molecule has 3 aromatic carbocycles. The van der Waals surface area contributed by atoms with E-state index in [1.165, 1.54) is 12.1 Å². The molecule has 26 heavy (non-hydrogen) atoms. The van der Waals surface area contributed by atoms with Crippen LogP contribution in [0.5, 0.6) is 5.75 Å². The van der Waals surface area contributed by atoms with Gasteiger partial charge >= 0.3 is 5.97 Å². The first-order valence-electron chi connectivity index (χ1n) is 7.83. The van der Waals surface area contributed by atoms with E-state index in [1.807, 2.05) is 30.3 Å². The highest BCUT2D eigenvalue weighted by Crippen LogP contribution is 2.33. The molecule has 0 aliphatic heterocycles. The summed E-state index contributed by atoms with van der Waals surface area (Å²) in [5.74, 6) is -0.703. The zero-order valence-electron chi connectivity index (χ0n) is 13.7. The predicted molar refractivity (Wildman–Crippen MR) is 96.3 cm³/mol. The van der Waals surface area contributed by atoms with Crippen LogP contribution in [0.4, 0.5) is 5.69 Å². The summed E-state index contributed by atoms with van der Waals surface area (Å²) < 4.78 is 5.86. The van der Waals surface area contributed by atoms with Gasteiger partial charge in [-0.2, -0.15) is 0 Å². The molecule has 0 radical (unpaired) electrons. The minimum absolute atomic E-state index is 0.146. The van der Waals surface area contributed by atoms with Gasteiger partial charge in [0.2, 0.25) is 0 Å². The molecule has 0 aliphatic rings. The lowest BCUT2D eigenvalue weighted by Crippen LogP contribution is -2.00. The van der Waals surface area contributed by atoms with E-state index in [9.17, 15) is 20.0 Å². The van der Waals surface area contributed by atoms with Crippen molar-refractivity contribution in [3.63, 3.8) is 0 Å². The van der Waals surface area contributed by atoms with Gasteiger partial charge in [0, 0.05) is 17.7 Å². The summed E-state index contributed by atoms with van der Waals surface area (Å²) in [5.41, 5.74) is 1.56. The molecule has 130 valence electrons. The number of hydrogen-bond acceptors (Lipinski definition) is 4. The van der Waals surface area contributed by atoms with Crippen LogP contribution in [-0.4, -0.2) is 16.0 Å². The highest BCUT2D eigenvalue weighted by Gasteiger charge is 2.16. The first-order chi connectivity index (χ1) is 12.5. The Morgan fingerprint density at radius 3 is 2.38 bits per heavy atom. The summed E-state index contributed by atoms with van der Waals surface area (Å²) in [6, 6.07) is 20.4. The molecule has 0 amide bonds. The fourth-order valence-electron chi connectivity index (χ4n) is 2.56. The second kappa shape index (κ2) is 7.48. The number of nitro groups is 1. The lowest BCUT2D eigenvalue weighted by Gasteiger charge is -2.12. The number of aromatic carboxylic acids is 1. The van der Waals surface area contributed by atoms with Gasteiger partial charge in [-0.05, 0) is 23.3 Å². The topological polar surface area (TPSA) is 89.7 Å². The normalized spacial score (nSPS) is 10.3. The Kier molecular flexibility index (Phi) is 4.94. The Bertz CT molecular complexity index is 921. The average Bonchev–Trinajstić information content (AvgIpc) is 2.67. The molecule has 6 heteroatoms. The number of carbonyl (C=O) groups is 1. The maximum atomic E-state index is 11.3. The Balaban J connectivity index is 1.99. The maximum absolute atomic E-state index is 11.3. The highest BCUT2D eigenvalue weighted by atomic mass is 16.6. The molecule has 0 fully saturated rings. The molecule has 0 atom stereocenters. The number of non-ortho nitro benzene ring substituents is 1. The molecule has 0 unspecified atom stereocenters. The van der Waals surface area contributed by atoms with E-state index >= 15 is 0 Å². The second-order valence-electron chi connectivity index (χ2n) is 5.60. The van der Waals surface area contributed by atoms with Crippen LogP contribution in [0.15, 0.2) is 72.8 Å². The van der Waals surface area contributed by atoms with Crippen LogP contribution in [0, 0.1) is 10.1 Å². The molecule has 0 aliphatic carbocycles. The van der Waals surface area contributed by atoms with Gasteiger partial charge in [-0.3, -0.25) is 10.1 Å². The molecule has 0 aromatic heterocycles. The molecule has 0 heterocycles. The molecule has 6 nitrogen and oxygen atoms in total. The van der Waals surface area contributed by atoms with Gasteiger partial charge in [0.05, 0.1) is 10.5 Å². The lowest BCUT2D eigenvalue weighted by atomic mass is 10.0. The number of nitro benzene ring substituents is 1. The zero-order chi connectivity index (χ0) is 18.5. The molecule has 1 N–H and O–H groups in total. The molecule has 0 spiro atoms. The number of para-hydroxylation sites is 1. The number of carboxylic acids is 1. The first-order valence-corrected chi connectivity index (χ1v) is 7.83. The van der Waals surface area contributed by atoms with Crippen molar-refractivity contribution in [2.24, 2.45) is 0 Å². The molecule has 3 aromatic rings. The molecule has 3 rings (SSSR count). The standard InChI is InChI=1S/C20H15NO5/c22-20(23)16-10-15(11-17(12-16)21(24)25)18-8-4-5-9-19(18)26-13-14-6-2-1-3-7-14/h1-12H,13H2,(H,22,23). The number of hydrogen-bond donors (Lipinski definition) is 1. The summed E-state index contributed by atoms with van der Waals surface area (Å²) >= 11 is 0. The van der Waals surface area contributed by atoms with Crippen molar-refractivity contribution in [1.82, 2.24) is 0 Å². The van der Waals surface area contributed by atoms with E-state index in [0.29, 0.717) is 23.5 Å². The number of benzene rings is 3. The Labute approximate surface area is 149 Å². The van der Waals surface area contributed by atoms with Crippen molar-refractivity contribution < 1.29 is 19.6 Å². The molecule has 0 saturated heterocycles. The van der Waals surface area contributed by atoms with Crippen LogP contribution in [0.25, 0.3) is 11.1 Å². The molecule has 0 bridgehead atoms. The van der Waals surface area contributed by atoms with Gasteiger partial charge in [-0.25, -0.2) is 4.79 Å². The zero-order valence-corrected chi connectivity index (χ0v) is 13.7. The van der Waals surface area contributed by atoms with Crippen molar-refractivity contribution in [3.8, 4) is 16.9 Å². The Hall–Kier alpha value is -3.67. The van der Waals surface area contributed by atoms with Crippen LogP contribution in [0.2, 0.25) is 0 Å². The summed E-state index contributed by atoms with van der Waals surface area (Å²) in [6.45, 7) is 0.332. The smallest absolute Gasteiger partial charge is 0.335 e. The quantitative estimate of drug-likeness (QED) is 0.521. The average molecular weight is 349 g/mol. The van der Waals surface area contributed by atoms with E-state index < -0.39 is 10.9 Å². The third kappa shape index (κ3) is 3.87. The number of ether oxygens (including phenoxy) is 1. The second-order valence-corrected chi connectivity index (χ2v) is 5.60. The third-order valence-corrected chi connectivity index (χ3v) is 3.81. The Morgan fingerprint density at radius 2 is 1.69 bits per heavy atom. The third-order valence-electron chi connectivity index (χ3n) is 3.81. The summed E-state index contributed by atoms with van der Waals surface area (Å²) in [4.78, 5) is 21.8. The van der Waals surface area contributed by atoms with Crippen molar-refractivity contribution in [3.05, 3.63) is 94.0 Å². The van der Waals surface area contributed by atoms with Gasteiger partial charge in [-0.1, -0.05) is 48.5 Å². The van der Waals surface area contributed by atoms with E-state index in [2.05, 4.69) is 0 Å². The van der Waals surface area contributed by atoms with E-state index in [-0.39, 0.29) is 11.3 Å². The van der Waals surface area contributed by atoms with E-state index in [4.69, 9.17) is 4.74 Å². The largest absolute Gasteiger partial charge is 0.488 e. The van der Waals surface area contributed by atoms with Crippen molar-refractivity contribution in [2.75, 3.05) is 0 Å². The SMILES string of the molecule is O=C(O)c1cc(-c2ccccc2OCc2ccccc2)cc([N+](=O)[O-])c1. The fourth-order valence-corrected chi connectivity index (χ4v) is 2.56. The van der Waals surface area contributed by atoms with Crippen molar-refractivity contribution in [1.29, 1.82) is 0 Å². The van der Waals surface area contributed by atoms with E-state index in [1.54, 1.807) is 24.3 Å². The lowest BCUT2D eigenvalue weighted by molar-refractivity contribution is -0.384. The summed E-state index contributed by atoms with van der Waals surface area (Å²) in [6.07, 6.45) is 0. The van der Waals surface area contributed by atoms with Crippen molar-refractivity contribution in [2.45, 2.75) is 6.61 Å². The number of carboxylic acid groups (broad SMARTS) is 1. The van der Waals surface area contributed by atoms with Crippen LogP contribution < -0.4 is 4.74 Å². The molecular formula is C20H15NO5. The van der Waals surface area contributed by atoms with Gasteiger partial charge in [0.15, 0.2) is 0 Å². The predicted octanol–water partition coefficient (Wildman–Crippen LogP) is 4.54. The van der Waals surface area contributed by atoms with Crippen LogP contribution in [0.1, 0.15) is 15.9 Å². The van der Waals surface area contributed by atoms with Gasteiger partial charge in [0.25, 0.3) is 5.69 Å². The van der Waals surface area contributed by atoms with Gasteiger partial charge in [0.1, 0.15) is 12.4 Å². The van der Waals surface area contributed by atoms with Crippen LogP contribution in [0.3, 0.4) is 0 Å². The van der Waals surface area contributed by atoms with Crippen LogP contribution >= 0.6 is 0 Å². The fraction of sp³-hybridized carbons (Fsp3) is 0.0500.